The lowest BCUT2D eigenvalue weighted by molar-refractivity contribution is 0.161. The van der Waals surface area contributed by atoms with Gasteiger partial charge in [0.05, 0.1) is 6.10 Å². The predicted octanol–water partition coefficient (Wildman–Crippen LogP) is 0.955. The molecule has 4 N–H and O–H groups in total. The van der Waals surface area contributed by atoms with Crippen LogP contribution in [0.15, 0.2) is 18.3 Å². The molecule has 1 heterocycles. The maximum Gasteiger partial charge on any atom is 0.123 e. The lowest BCUT2D eigenvalue weighted by atomic mass is 10.1. The largest absolute Gasteiger partial charge is 0.391 e. The highest BCUT2D eigenvalue weighted by molar-refractivity contribution is 5.32. The first-order valence-corrected chi connectivity index (χ1v) is 5.50. The van der Waals surface area contributed by atoms with Gasteiger partial charge in [-0.05, 0) is 44.9 Å². The molecule has 1 atom stereocenters. The topological polar surface area (TPSA) is 71.2 Å². The van der Waals surface area contributed by atoms with E-state index in [4.69, 9.17) is 5.73 Å². The third-order valence-corrected chi connectivity index (χ3v) is 2.18. The summed E-state index contributed by atoms with van der Waals surface area (Å²) in [6.07, 6.45) is 1.85. The molecule has 0 aliphatic rings. The quantitative estimate of drug-likeness (QED) is 0.711. The number of nitrogen functional groups attached to an aromatic ring is 1. The molecule has 4 nitrogen and oxygen atoms in total. The van der Waals surface area contributed by atoms with Crippen molar-refractivity contribution in [3.63, 3.8) is 0 Å². The number of nitrogens with two attached hydrogens (primary N) is 1. The second kappa shape index (κ2) is 5.27. The molecule has 1 unspecified atom stereocenters. The molecular formula is C12H21N3O. The first-order valence-electron chi connectivity index (χ1n) is 5.50. The molecule has 0 spiro atoms. The van der Waals surface area contributed by atoms with Crippen LogP contribution in [-0.4, -0.2) is 28.3 Å². The fourth-order valence-electron chi connectivity index (χ4n) is 1.39. The average molecular weight is 223 g/mol. The zero-order chi connectivity index (χ0) is 12.2. The van der Waals surface area contributed by atoms with Crippen molar-refractivity contribution < 1.29 is 5.11 Å². The molecule has 0 aliphatic heterocycles. The normalized spacial score (nSPS) is 13.8. The van der Waals surface area contributed by atoms with E-state index in [-0.39, 0.29) is 5.54 Å². The number of hydrogen-bond donors (Lipinski definition) is 3. The van der Waals surface area contributed by atoms with Crippen molar-refractivity contribution in [2.75, 3.05) is 12.3 Å². The van der Waals surface area contributed by atoms with E-state index in [1.54, 1.807) is 12.3 Å². The Morgan fingerprint density at radius 2 is 2.19 bits per heavy atom. The summed E-state index contributed by atoms with van der Waals surface area (Å²) < 4.78 is 0. The number of hydrogen-bond acceptors (Lipinski definition) is 4. The highest BCUT2D eigenvalue weighted by Gasteiger charge is 2.12. The monoisotopic (exact) mass is 223 g/mol. The third-order valence-electron chi connectivity index (χ3n) is 2.18. The molecule has 0 saturated heterocycles. The van der Waals surface area contributed by atoms with E-state index < -0.39 is 6.10 Å². The summed E-state index contributed by atoms with van der Waals surface area (Å²) in [6.45, 7) is 6.80. The summed E-state index contributed by atoms with van der Waals surface area (Å²) in [4.78, 5) is 3.91. The predicted molar refractivity (Wildman–Crippen MR) is 66.1 cm³/mol. The molecule has 0 amide bonds. The molecular weight excluding hydrogens is 202 g/mol. The minimum atomic E-state index is -0.402. The lowest BCUT2D eigenvalue weighted by Crippen LogP contribution is -2.41. The van der Waals surface area contributed by atoms with Crippen LogP contribution >= 0.6 is 0 Å². The first-order chi connectivity index (χ1) is 7.37. The Morgan fingerprint density at radius 3 is 2.75 bits per heavy atom. The standard InChI is InChI=1S/C12H21N3O/c1-12(2,3)15-8-10(16)6-9-4-5-14-11(13)7-9/h4-5,7,10,15-16H,6,8H2,1-3H3,(H2,13,14). The van der Waals surface area contributed by atoms with Gasteiger partial charge in [-0.2, -0.15) is 0 Å². The van der Waals surface area contributed by atoms with Crippen molar-refractivity contribution in [2.45, 2.75) is 38.8 Å². The van der Waals surface area contributed by atoms with Crippen LogP contribution in [0.5, 0.6) is 0 Å². The number of rotatable bonds is 4. The van der Waals surface area contributed by atoms with Gasteiger partial charge < -0.3 is 16.2 Å². The van der Waals surface area contributed by atoms with Gasteiger partial charge in [0.15, 0.2) is 0 Å². The molecule has 16 heavy (non-hydrogen) atoms. The van der Waals surface area contributed by atoms with E-state index in [2.05, 4.69) is 31.1 Å². The van der Waals surface area contributed by atoms with E-state index in [1.165, 1.54) is 0 Å². The second-order valence-electron chi connectivity index (χ2n) is 5.08. The van der Waals surface area contributed by atoms with E-state index in [0.29, 0.717) is 18.8 Å². The molecule has 0 radical (unpaired) electrons. The fraction of sp³-hybridized carbons (Fsp3) is 0.583. The van der Waals surface area contributed by atoms with Crippen LogP contribution in [0.1, 0.15) is 26.3 Å². The number of nitrogens with one attached hydrogen (secondary N) is 1. The molecule has 1 aromatic heterocycles. The Morgan fingerprint density at radius 1 is 1.50 bits per heavy atom. The molecule has 0 fully saturated rings. The smallest absolute Gasteiger partial charge is 0.123 e. The number of β-amino-alcohol motifs (C(OH)–C–C–N with tert-alkyl or cyclic N) is 1. The number of aliphatic hydroxyl groups is 1. The Balaban J connectivity index is 2.43. The van der Waals surface area contributed by atoms with Crippen LogP contribution in [0.25, 0.3) is 0 Å². The van der Waals surface area contributed by atoms with Gasteiger partial charge >= 0.3 is 0 Å². The van der Waals surface area contributed by atoms with Gasteiger partial charge in [-0.3, -0.25) is 0 Å². The number of aromatic nitrogens is 1. The van der Waals surface area contributed by atoms with Crippen LogP contribution in [0, 0.1) is 0 Å². The van der Waals surface area contributed by atoms with Gasteiger partial charge in [0, 0.05) is 18.3 Å². The minimum Gasteiger partial charge on any atom is -0.391 e. The van der Waals surface area contributed by atoms with Gasteiger partial charge in [0.1, 0.15) is 5.82 Å². The molecule has 1 rings (SSSR count). The average Bonchev–Trinajstić information content (AvgIpc) is 2.14. The lowest BCUT2D eigenvalue weighted by Gasteiger charge is -2.22. The van der Waals surface area contributed by atoms with Crippen molar-refractivity contribution in [1.29, 1.82) is 0 Å². The van der Waals surface area contributed by atoms with E-state index in [0.717, 1.165) is 5.56 Å². The second-order valence-corrected chi connectivity index (χ2v) is 5.08. The molecule has 0 bridgehead atoms. The van der Waals surface area contributed by atoms with Crippen molar-refractivity contribution in [2.24, 2.45) is 0 Å². The number of aliphatic hydroxyl groups excluding tert-OH is 1. The summed E-state index contributed by atoms with van der Waals surface area (Å²) in [5.41, 5.74) is 6.61. The summed E-state index contributed by atoms with van der Waals surface area (Å²) in [5.74, 6) is 0.494. The van der Waals surface area contributed by atoms with E-state index in [9.17, 15) is 5.11 Å². The maximum absolute atomic E-state index is 9.83. The number of pyridine rings is 1. The van der Waals surface area contributed by atoms with Crippen LogP contribution in [0.2, 0.25) is 0 Å². The van der Waals surface area contributed by atoms with Gasteiger partial charge in [0.25, 0.3) is 0 Å². The summed E-state index contributed by atoms with van der Waals surface area (Å²) in [5, 5.41) is 13.1. The van der Waals surface area contributed by atoms with Gasteiger partial charge in [0.2, 0.25) is 0 Å². The Labute approximate surface area is 96.9 Å². The minimum absolute atomic E-state index is 0.0260. The van der Waals surface area contributed by atoms with E-state index >= 15 is 0 Å². The first kappa shape index (κ1) is 12.9. The van der Waals surface area contributed by atoms with Gasteiger partial charge in [-0.1, -0.05) is 0 Å². The van der Waals surface area contributed by atoms with Crippen LogP contribution in [-0.2, 0) is 6.42 Å². The van der Waals surface area contributed by atoms with Crippen LogP contribution in [0.3, 0.4) is 0 Å². The summed E-state index contributed by atoms with van der Waals surface area (Å²) in [7, 11) is 0. The maximum atomic E-state index is 9.83. The molecule has 1 aromatic rings. The van der Waals surface area contributed by atoms with Crippen molar-refractivity contribution in [1.82, 2.24) is 10.3 Å². The zero-order valence-corrected chi connectivity index (χ0v) is 10.2. The molecule has 0 saturated carbocycles. The molecule has 0 aliphatic carbocycles. The molecule has 90 valence electrons. The zero-order valence-electron chi connectivity index (χ0n) is 10.2. The highest BCUT2D eigenvalue weighted by atomic mass is 16.3. The van der Waals surface area contributed by atoms with Gasteiger partial charge in [-0.25, -0.2) is 4.98 Å². The summed E-state index contributed by atoms with van der Waals surface area (Å²) >= 11 is 0. The summed E-state index contributed by atoms with van der Waals surface area (Å²) in [6, 6.07) is 3.66. The van der Waals surface area contributed by atoms with Crippen LogP contribution in [0.4, 0.5) is 5.82 Å². The Kier molecular flexibility index (Phi) is 4.26. The Bertz CT molecular complexity index is 333. The SMILES string of the molecule is CC(C)(C)NCC(O)Cc1ccnc(N)c1. The molecule has 4 heteroatoms. The van der Waals surface area contributed by atoms with Crippen molar-refractivity contribution >= 4 is 5.82 Å². The fourth-order valence-corrected chi connectivity index (χ4v) is 1.39. The Hall–Kier alpha value is -1.13. The van der Waals surface area contributed by atoms with E-state index in [1.807, 2.05) is 6.07 Å². The molecule has 0 aromatic carbocycles. The third kappa shape index (κ3) is 5.09. The highest BCUT2D eigenvalue weighted by Crippen LogP contribution is 2.07. The van der Waals surface area contributed by atoms with Gasteiger partial charge in [-0.15, -0.1) is 0 Å². The number of anilines is 1. The number of nitrogens with zero attached hydrogens (tertiary/aromatic N) is 1. The van der Waals surface area contributed by atoms with Crippen LogP contribution < -0.4 is 11.1 Å². The van der Waals surface area contributed by atoms with Crippen molar-refractivity contribution in [3.05, 3.63) is 23.9 Å². The van der Waals surface area contributed by atoms with Crippen molar-refractivity contribution in [3.8, 4) is 0 Å².